The third-order valence-electron chi connectivity index (χ3n) is 17.6. The number of ether oxygens (including phenoxy) is 2. The van der Waals surface area contributed by atoms with Crippen LogP contribution >= 0.6 is 31.7 Å². The van der Waals surface area contributed by atoms with E-state index in [-0.39, 0.29) is 0 Å². The van der Waals surface area contributed by atoms with E-state index in [0.29, 0.717) is 50.4 Å². The Labute approximate surface area is 561 Å². The van der Waals surface area contributed by atoms with Crippen LogP contribution in [-0.4, -0.2) is 23.4 Å². The number of rotatable bonds is 22. The summed E-state index contributed by atoms with van der Waals surface area (Å²) < 4.78 is 14.3. The minimum Gasteiger partial charge on any atom is -0.507 e. The average molecular weight is 1300 g/mol. The molecule has 0 fully saturated rings. The maximum absolute atomic E-state index is 13.5. The first-order valence-corrected chi connectivity index (χ1v) is 39.2. The van der Waals surface area contributed by atoms with Gasteiger partial charge in [0.2, 0.25) is 0 Å². The maximum Gasteiger partial charge on any atom is 0.126 e. The summed E-state index contributed by atoms with van der Waals surface area (Å²) >= 11 is 0. The summed E-state index contributed by atoms with van der Waals surface area (Å²) in [5.74, 6) is 2.25. The SMILES string of the molecule is CCCOc1c2cc(CP(c3ccccc3)c3ccccc3)cc1Cc1cc(CP(c3ccccc3)c3ccccc3)cc(c1O)Cc1cc(CP(c3ccccc3)c3ccccc3)cc(c1OCCC)Cc1cc(CP(c3ccccc3)c3ccccc3)cc(c1O)C2. The summed E-state index contributed by atoms with van der Waals surface area (Å²) in [6, 6.07) is 107. The van der Waals surface area contributed by atoms with Gasteiger partial charge in [0.15, 0.2) is 0 Å². The van der Waals surface area contributed by atoms with Gasteiger partial charge in [0.1, 0.15) is 23.0 Å². The quantitative estimate of drug-likeness (QED) is 0.0664. The molecule has 0 heterocycles. The summed E-state index contributed by atoms with van der Waals surface area (Å²) in [6.45, 7) is 5.36. The number of hydrogen-bond donors (Lipinski definition) is 2. The van der Waals surface area contributed by atoms with E-state index >= 15 is 0 Å². The fourth-order valence-corrected chi connectivity index (χ4v) is 22.4. The highest BCUT2D eigenvalue weighted by Crippen LogP contribution is 2.48. The monoisotopic (exact) mass is 1300 g/mol. The Morgan fingerprint density at radius 1 is 0.255 bits per heavy atom. The van der Waals surface area contributed by atoms with Crippen LogP contribution < -0.4 is 51.9 Å². The van der Waals surface area contributed by atoms with Crippen molar-refractivity contribution in [3.8, 4) is 23.0 Å². The Morgan fingerprint density at radius 3 is 0.596 bits per heavy atom. The van der Waals surface area contributed by atoms with Crippen molar-refractivity contribution in [2.24, 2.45) is 0 Å². The van der Waals surface area contributed by atoms with Crippen molar-refractivity contribution in [2.75, 3.05) is 13.2 Å². The second-order valence-corrected chi connectivity index (χ2v) is 33.3. The van der Waals surface area contributed by atoms with Crippen LogP contribution in [0.25, 0.3) is 0 Å². The second-order valence-electron chi connectivity index (χ2n) is 24.4. The van der Waals surface area contributed by atoms with E-state index in [9.17, 15) is 10.2 Å². The summed E-state index contributed by atoms with van der Waals surface area (Å²) in [5, 5.41) is 37.4. The molecule has 1 aliphatic carbocycles. The molecule has 0 amide bonds. The molecule has 0 atom stereocenters. The van der Waals surface area contributed by atoms with Crippen LogP contribution in [0.4, 0.5) is 0 Å². The Bertz CT molecular complexity index is 3880. The summed E-state index contributed by atoms with van der Waals surface area (Å²) in [6.07, 6.45) is 6.47. The predicted molar refractivity (Wildman–Crippen MR) is 403 cm³/mol. The van der Waals surface area contributed by atoms with Crippen molar-refractivity contribution >= 4 is 74.1 Å². The van der Waals surface area contributed by atoms with Gasteiger partial charge in [-0.25, -0.2) is 0 Å². The van der Waals surface area contributed by atoms with E-state index in [4.69, 9.17) is 9.47 Å². The summed E-state index contributed by atoms with van der Waals surface area (Å²) in [5.41, 5.74) is 12.3. The minimum absolute atomic E-state index is 0.300. The van der Waals surface area contributed by atoms with Gasteiger partial charge < -0.3 is 19.7 Å². The van der Waals surface area contributed by atoms with Crippen LogP contribution in [-0.2, 0) is 50.3 Å². The van der Waals surface area contributed by atoms with Crippen LogP contribution in [0.1, 0.15) is 93.5 Å². The zero-order valence-electron chi connectivity index (χ0n) is 53.7. The molecule has 8 bridgehead atoms. The third-order valence-corrected chi connectivity index (χ3v) is 27.7. The fourth-order valence-electron chi connectivity index (χ4n) is 13.3. The number of fused-ring (bicyclic) bond motifs is 8. The van der Waals surface area contributed by atoms with Gasteiger partial charge in [-0.2, -0.15) is 0 Å². The number of hydrogen-bond acceptors (Lipinski definition) is 4. The molecule has 1 aliphatic rings. The molecule has 0 saturated heterocycles. The highest BCUT2D eigenvalue weighted by molar-refractivity contribution is 7.73. The van der Waals surface area contributed by atoms with Crippen LogP contribution in [0, 0.1) is 0 Å². The molecule has 0 aliphatic heterocycles. The molecule has 12 aromatic rings. The molecule has 0 radical (unpaired) electrons. The van der Waals surface area contributed by atoms with E-state index in [2.05, 4.69) is 305 Å². The van der Waals surface area contributed by atoms with Crippen molar-refractivity contribution < 1.29 is 19.7 Å². The van der Waals surface area contributed by atoms with Gasteiger partial charge in [-0.05, 0) is 154 Å². The highest BCUT2D eigenvalue weighted by Gasteiger charge is 2.28. The molecule has 0 spiro atoms. The van der Waals surface area contributed by atoms with Crippen molar-refractivity contribution in [3.05, 3.63) is 358 Å². The van der Waals surface area contributed by atoms with E-state index in [1.165, 1.54) is 64.7 Å². The molecule has 0 aromatic heterocycles. The fraction of sp³-hybridized carbons (Fsp3) is 0.163. The molecule has 8 heteroatoms. The van der Waals surface area contributed by atoms with E-state index in [0.717, 1.165) is 93.5 Å². The summed E-state index contributed by atoms with van der Waals surface area (Å²) in [7, 11) is -3.39. The minimum atomic E-state index is -0.850. The first-order valence-electron chi connectivity index (χ1n) is 33.0. The largest absolute Gasteiger partial charge is 0.507 e. The Hall–Kier alpha value is -8.44. The van der Waals surface area contributed by atoms with E-state index < -0.39 is 31.7 Å². The second kappa shape index (κ2) is 31.2. The van der Waals surface area contributed by atoms with Crippen molar-refractivity contribution in [1.82, 2.24) is 0 Å². The van der Waals surface area contributed by atoms with Crippen molar-refractivity contribution in [3.63, 3.8) is 0 Å². The van der Waals surface area contributed by atoms with Crippen LogP contribution in [0.15, 0.2) is 291 Å². The van der Waals surface area contributed by atoms with Crippen molar-refractivity contribution in [1.29, 1.82) is 0 Å². The van der Waals surface area contributed by atoms with Crippen LogP contribution in [0.3, 0.4) is 0 Å². The lowest BCUT2D eigenvalue weighted by atomic mass is 9.88. The normalized spacial score (nSPS) is 12.1. The first-order chi connectivity index (χ1) is 46.3. The number of aromatic hydroxyl groups is 2. The lowest BCUT2D eigenvalue weighted by Gasteiger charge is -2.25. The smallest absolute Gasteiger partial charge is 0.126 e. The standard InChI is InChI=1S/C86H80O4P4/c1-3-45-89-85-71-51-65(61-93(79-37-21-9-22-38-79)80-39-23-10-24-40-80)52-72(85)56-68-48-64(60-92(77-33-17-7-18-34-77)78-35-19-8-20-36-78)50-70(84(68)88)58-74-54-66(62-94(81-41-25-11-26-42-81)82-43-27-12-28-44-82)53-73(86(74)90-46-4-2)57-69-49-63(47-67(55-71)83(69)87)59-91(75-29-13-5-14-30-75)76-31-15-6-16-32-76/h5-44,47-54,87-88H,3-4,45-46,55-62H2,1-2H3. The molecule has 12 aromatic carbocycles. The number of benzene rings is 12. The maximum atomic E-state index is 13.5. The molecule has 0 unspecified atom stereocenters. The topological polar surface area (TPSA) is 58.9 Å². The van der Waals surface area contributed by atoms with E-state index in [1.54, 1.807) is 0 Å². The molecular weight excluding hydrogens is 1220 g/mol. The van der Waals surface area contributed by atoms with Gasteiger partial charge in [-0.3, -0.25) is 0 Å². The molecule has 13 rings (SSSR count). The lowest BCUT2D eigenvalue weighted by molar-refractivity contribution is 0.311. The van der Waals surface area contributed by atoms with Gasteiger partial charge in [0, 0.05) is 50.3 Å². The van der Waals surface area contributed by atoms with E-state index in [1.807, 2.05) is 0 Å². The molecule has 0 saturated carbocycles. The molecule has 468 valence electrons. The Morgan fingerprint density at radius 2 is 0.426 bits per heavy atom. The van der Waals surface area contributed by atoms with Gasteiger partial charge in [0.25, 0.3) is 0 Å². The zero-order valence-corrected chi connectivity index (χ0v) is 57.3. The van der Waals surface area contributed by atoms with Gasteiger partial charge in [0.05, 0.1) is 13.2 Å². The predicted octanol–water partition coefficient (Wildman–Crippen LogP) is 17.9. The molecule has 94 heavy (non-hydrogen) atoms. The molecular formula is C86H80O4P4. The van der Waals surface area contributed by atoms with Crippen LogP contribution in [0.2, 0.25) is 0 Å². The van der Waals surface area contributed by atoms with Crippen LogP contribution in [0.5, 0.6) is 23.0 Å². The average Bonchev–Trinajstić information content (AvgIpc) is 0.818. The number of phenolic OH excluding ortho intramolecular Hbond substituents is 2. The first kappa shape index (κ1) is 64.3. The number of phenols is 2. The molecule has 4 nitrogen and oxygen atoms in total. The zero-order chi connectivity index (χ0) is 64.0. The Balaban J connectivity index is 1.06. The molecule has 2 N–H and O–H groups in total. The Kier molecular flexibility index (Phi) is 21.3. The third kappa shape index (κ3) is 15.5. The van der Waals surface area contributed by atoms with Crippen molar-refractivity contribution in [2.45, 2.75) is 77.0 Å². The van der Waals surface area contributed by atoms with Gasteiger partial charge in [-0.15, -0.1) is 0 Å². The summed E-state index contributed by atoms with van der Waals surface area (Å²) in [4.78, 5) is 0. The van der Waals surface area contributed by atoms with Gasteiger partial charge in [-0.1, -0.05) is 305 Å². The van der Waals surface area contributed by atoms with Gasteiger partial charge >= 0.3 is 0 Å². The highest BCUT2D eigenvalue weighted by atomic mass is 31.1. The lowest BCUT2D eigenvalue weighted by Crippen LogP contribution is -2.14.